The van der Waals surface area contributed by atoms with Gasteiger partial charge in [0.2, 0.25) is 0 Å². The molecule has 0 aliphatic heterocycles. The third-order valence-electron chi connectivity index (χ3n) is 4.32. The van der Waals surface area contributed by atoms with Gasteiger partial charge in [0.1, 0.15) is 0 Å². The summed E-state index contributed by atoms with van der Waals surface area (Å²) < 4.78 is 15.2. The predicted octanol–water partition coefficient (Wildman–Crippen LogP) is -2.56. The number of rotatable bonds is 12. The summed E-state index contributed by atoms with van der Waals surface area (Å²) >= 11 is 0. The highest BCUT2D eigenvalue weighted by Gasteiger charge is 2.55. The molecule has 0 radical (unpaired) electrons. The minimum Gasteiger partial charge on any atom is -0.421 e. The summed E-state index contributed by atoms with van der Waals surface area (Å²) in [5.74, 6) is -7.77. The fourth-order valence-electron chi connectivity index (χ4n) is 2.52. The zero-order chi connectivity index (χ0) is 28.0. The van der Waals surface area contributed by atoms with Gasteiger partial charge in [0.15, 0.2) is 0 Å². The molecule has 1 unspecified atom stereocenters. The predicted molar refractivity (Wildman–Crippen MR) is 120 cm³/mol. The van der Waals surface area contributed by atoms with Gasteiger partial charge in [-0.05, 0) is 20.8 Å². The quantitative estimate of drug-likeness (QED) is 0.150. The van der Waals surface area contributed by atoms with Gasteiger partial charge in [-0.15, -0.1) is 0 Å². The van der Waals surface area contributed by atoms with E-state index in [1.54, 1.807) is 0 Å². The second-order valence-electron chi connectivity index (χ2n) is 7.44. The van der Waals surface area contributed by atoms with Gasteiger partial charge in [-0.1, -0.05) is 19.7 Å². The Morgan fingerprint density at radius 2 is 1.14 bits per heavy atom. The van der Waals surface area contributed by atoms with Crippen LogP contribution in [0, 0.1) is 0 Å². The number of nitrogens with zero attached hydrogens (tertiary/aromatic N) is 3. The highest BCUT2D eigenvalue weighted by Crippen LogP contribution is 2.27. The number of carbonyl (C=O) groups excluding carboxylic acids is 3. The van der Waals surface area contributed by atoms with Crippen LogP contribution in [-0.4, -0.2) is 66.4 Å². The summed E-state index contributed by atoms with van der Waals surface area (Å²) in [4.78, 5) is 76.4. The molecule has 0 fully saturated rings. The SMILES string of the molecule is C=C(C)C(=O)OC(O)C(OC(=O)C(=C)C)(OC(=O)C(=C)C)n1c(=O)n(CCO)c(=O)n(CCO)c1=O. The number of aromatic nitrogens is 3. The van der Waals surface area contributed by atoms with Crippen molar-refractivity contribution in [2.45, 2.75) is 46.1 Å². The molecule has 0 aliphatic rings. The molecular formula is C21H27N3O12. The maximum absolute atomic E-state index is 13.3. The molecule has 0 aliphatic carbocycles. The molecule has 1 aromatic rings. The lowest BCUT2D eigenvalue weighted by Crippen LogP contribution is -2.66. The topological polar surface area (TPSA) is 206 Å². The monoisotopic (exact) mass is 513 g/mol. The van der Waals surface area contributed by atoms with E-state index in [-0.39, 0.29) is 30.4 Å². The second-order valence-corrected chi connectivity index (χ2v) is 7.44. The molecule has 36 heavy (non-hydrogen) atoms. The van der Waals surface area contributed by atoms with E-state index in [0.29, 0.717) is 0 Å². The molecule has 1 atom stereocenters. The van der Waals surface area contributed by atoms with Gasteiger partial charge in [-0.25, -0.2) is 37.9 Å². The van der Waals surface area contributed by atoms with Crippen LogP contribution < -0.4 is 17.1 Å². The van der Waals surface area contributed by atoms with Crippen molar-refractivity contribution in [2.24, 2.45) is 0 Å². The molecule has 15 heteroatoms. The Labute approximate surface area is 203 Å². The molecule has 0 bridgehead atoms. The highest BCUT2D eigenvalue weighted by atomic mass is 16.8. The number of aliphatic hydroxyl groups excluding tert-OH is 3. The molecule has 1 rings (SSSR count). The van der Waals surface area contributed by atoms with Crippen molar-refractivity contribution >= 4 is 17.9 Å². The van der Waals surface area contributed by atoms with Gasteiger partial charge in [0.25, 0.3) is 0 Å². The van der Waals surface area contributed by atoms with Crippen molar-refractivity contribution in [1.29, 1.82) is 0 Å². The summed E-state index contributed by atoms with van der Waals surface area (Å²) in [5, 5.41) is 29.5. The minimum absolute atomic E-state index is 0.183. The molecular weight excluding hydrogens is 486 g/mol. The molecule has 1 aromatic heterocycles. The second kappa shape index (κ2) is 12.1. The van der Waals surface area contributed by atoms with E-state index in [1.807, 2.05) is 0 Å². The Balaban J connectivity index is 4.31. The van der Waals surface area contributed by atoms with Gasteiger partial charge in [-0.3, -0.25) is 0 Å². The zero-order valence-electron chi connectivity index (χ0n) is 19.9. The van der Waals surface area contributed by atoms with Crippen molar-refractivity contribution in [2.75, 3.05) is 13.2 Å². The number of aliphatic hydroxyl groups is 3. The summed E-state index contributed by atoms with van der Waals surface area (Å²) in [5.41, 5.74) is -5.65. The highest BCUT2D eigenvalue weighted by molar-refractivity contribution is 5.89. The van der Waals surface area contributed by atoms with Crippen LogP contribution in [0.3, 0.4) is 0 Å². The maximum atomic E-state index is 13.3. The molecule has 1 heterocycles. The summed E-state index contributed by atoms with van der Waals surface area (Å²) in [6.45, 7) is 10.3. The summed E-state index contributed by atoms with van der Waals surface area (Å²) in [6.07, 6.45) is -2.90. The van der Waals surface area contributed by atoms with Crippen molar-refractivity contribution < 1.29 is 43.9 Å². The standard InChI is InChI=1S/C21H27N3O12/c1-11(2)14(27)34-17(30)21(35-15(28)12(3)4,36-16(29)13(5)6)24-19(32)22(7-9-25)18(31)23(8-10-26)20(24)33/h17,25-26,30H,1,3,5,7-10H2,2,4,6H3. The molecule has 0 spiro atoms. The Hall–Kier alpha value is -4.08. The van der Waals surface area contributed by atoms with Crippen LogP contribution in [0.2, 0.25) is 0 Å². The van der Waals surface area contributed by atoms with E-state index in [4.69, 9.17) is 14.2 Å². The maximum Gasteiger partial charge on any atom is 0.420 e. The fourth-order valence-corrected chi connectivity index (χ4v) is 2.52. The number of hydrogen-bond acceptors (Lipinski definition) is 12. The van der Waals surface area contributed by atoms with Crippen LogP contribution in [0.25, 0.3) is 0 Å². The third kappa shape index (κ3) is 6.12. The largest absolute Gasteiger partial charge is 0.421 e. The van der Waals surface area contributed by atoms with E-state index < -0.39 is 73.5 Å². The van der Waals surface area contributed by atoms with Crippen molar-refractivity contribution in [3.8, 4) is 0 Å². The van der Waals surface area contributed by atoms with Gasteiger partial charge >= 0.3 is 47.2 Å². The zero-order valence-corrected chi connectivity index (χ0v) is 19.9. The van der Waals surface area contributed by atoms with E-state index >= 15 is 0 Å². The van der Waals surface area contributed by atoms with Gasteiger partial charge in [0, 0.05) is 16.7 Å². The van der Waals surface area contributed by atoms with E-state index in [9.17, 15) is 44.1 Å². The van der Waals surface area contributed by atoms with Crippen LogP contribution in [0.1, 0.15) is 20.8 Å². The van der Waals surface area contributed by atoms with Crippen molar-refractivity contribution in [3.05, 3.63) is 67.9 Å². The first-order valence-corrected chi connectivity index (χ1v) is 10.2. The van der Waals surface area contributed by atoms with Crippen LogP contribution in [0.4, 0.5) is 0 Å². The van der Waals surface area contributed by atoms with Crippen LogP contribution in [0.15, 0.2) is 50.8 Å². The minimum atomic E-state index is -3.58. The smallest absolute Gasteiger partial charge is 0.420 e. The van der Waals surface area contributed by atoms with E-state index in [2.05, 4.69) is 19.7 Å². The van der Waals surface area contributed by atoms with Gasteiger partial charge in [-0.2, -0.15) is 4.57 Å². The molecule has 3 N–H and O–H groups in total. The lowest BCUT2D eigenvalue weighted by molar-refractivity contribution is -0.350. The first-order valence-electron chi connectivity index (χ1n) is 10.2. The third-order valence-corrected chi connectivity index (χ3v) is 4.32. The first kappa shape index (κ1) is 30.0. The van der Waals surface area contributed by atoms with Crippen molar-refractivity contribution in [1.82, 2.24) is 13.7 Å². The number of hydrogen-bond donors (Lipinski definition) is 3. The lowest BCUT2D eigenvalue weighted by atomic mass is 10.3. The lowest BCUT2D eigenvalue weighted by Gasteiger charge is -2.35. The van der Waals surface area contributed by atoms with E-state index in [0.717, 1.165) is 13.8 Å². The van der Waals surface area contributed by atoms with Gasteiger partial charge in [0.05, 0.1) is 26.3 Å². The number of ether oxygens (including phenoxy) is 3. The average Bonchev–Trinajstić information content (AvgIpc) is 2.78. The van der Waals surface area contributed by atoms with Gasteiger partial charge < -0.3 is 29.5 Å². The molecule has 15 nitrogen and oxygen atoms in total. The molecule has 0 amide bonds. The number of esters is 3. The number of carbonyl (C=O) groups is 3. The molecule has 0 saturated carbocycles. The normalized spacial score (nSPS) is 11.8. The fraction of sp³-hybridized carbons (Fsp3) is 0.429. The first-order chi connectivity index (χ1) is 16.7. The Morgan fingerprint density at radius 3 is 1.44 bits per heavy atom. The molecule has 0 saturated heterocycles. The average molecular weight is 513 g/mol. The van der Waals surface area contributed by atoms with Crippen LogP contribution in [-0.2, 0) is 47.6 Å². The Kier molecular flexibility index (Phi) is 10.0. The Morgan fingerprint density at radius 1 is 0.778 bits per heavy atom. The van der Waals surface area contributed by atoms with Crippen LogP contribution >= 0.6 is 0 Å². The molecule has 0 aromatic carbocycles. The summed E-state index contributed by atoms with van der Waals surface area (Å²) in [6, 6.07) is 0. The van der Waals surface area contributed by atoms with Crippen LogP contribution in [0.5, 0.6) is 0 Å². The Bertz CT molecular complexity index is 1190. The summed E-state index contributed by atoms with van der Waals surface area (Å²) in [7, 11) is 0. The van der Waals surface area contributed by atoms with Crippen molar-refractivity contribution in [3.63, 3.8) is 0 Å². The molecule has 198 valence electrons. The van der Waals surface area contributed by atoms with E-state index in [1.165, 1.54) is 6.92 Å².